The molecule has 7 nitrogen and oxygen atoms in total. The van der Waals surface area contributed by atoms with Gasteiger partial charge < -0.3 is 21.5 Å². The zero-order chi connectivity index (χ0) is 13.8. The molecule has 0 saturated carbocycles. The highest BCUT2D eigenvalue weighted by Crippen LogP contribution is 2.03. The minimum absolute atomic E-state index is 0.269. The molecule has 0 rings (SSSR count). The lowest BCUT2D eigenvalue weighted by Gasteiger charge is -2.25. The van der Waals surface area contributed by atoms with Gasteiger partial charge in [0.05, 0.1) is 0 Å². The molecule has 0 fully saturated rings. The summed E-state index contributed by atoms with van der Waals surface area (Å²) in [7, 11) is 0. The van der Waals surface area contributed by atoms with Crippen molar-refractivity contribution in [3.05, 3.63) is 0 Å². The molecule has 0 aromatic rings. The number of carboxylic acid groups (broad SMARTS) is 1. The van der Waals surface area contributed by atoms with E-state index in [0.29, 0.717) is 0 Å². The van der Waals surface area contributed by atoms with Crippen LogP contribution in [0.5, 0.6) is 0 Å². The first kappa shape index (κ1) is 15.2. The van der Waals surface area contributed by atoms with E-state index in [9.17, 15) is 14.4 Å². The average molecular weight is 245 g/mol. The molecule has 1 atom stereocenters. The Morgan fingerprint density at radius 2 is 1.71 bits per heavy atom. The molecular formula is C10H19N3O4. The van der Waals surface area contributed by atoms with Crippen molar-refractivity contribution in [2.75, 3.05) is 0 Å². The standard InChI is InChI=1S/C10H19N3O4/c1-5(2)6(7(14)15)12-9(17)13-10(3,4)8(11)16/h5-6H,1-4H3,(H2,11,16)(H,14,15)(H2,12,13,17)/t6-/m0/s1. The van der Waals surface area contributed by atoms with Gasteiger partial charge in [-0.25, -0.2) is 9.59 Å². The summed E-state index contributed by atoms with van der Waals surface area (Å²) in [5.41, 5.74) is 3.84. The molecule has 0 unspecified atom stereocenters. The van der Waals surface area contributed by atoms with E-state index in [1.54, 1.807) is 13.8 Å². The summed E-state index contributed by atoms with van der Waals surface area (Å²) in [4.78, 5) is 33.3. The second-order valence-corrected chi connectivity index (χ2v) is 4.65. The molecule has 17 heavy (non-hydrogen) atoms. The van der Waals surface area contributed by atoms with Gasteiger partial charge in [-0.15, -0.1) is 0 Å². The predicted molar refractivity (Wildman–Crippen MR) is 61.2 cm³/mol. The van der Waals surface area contributed by atoms with Gasteiger partial charge in [-0.2, -0.15) is 0 Å². The minimum Gasteiger partial charge on any atom is -0.480 e. The van der Waals surface area contributed by atoms with Crippen LogP contribution in [-0.4, -0.2) is 34.6 Å². The highest BCUT2D eigenvalue weighted by molar-refractivity contribution is 5.90. The van der Waals surface area contributed by atoms with Crippen LogP contribution in [0.2, 0.25) is 0 Å². The Morgan fingerprint density at radius 1 is 1.24 bits per heavy atom. The first-order valence-electron chi connectivity index (χ1n) is 5.19. The summed E-state index contributed by atoms with van der Waals surface area (Å²) in [5.74, 6) is -2.11. The highest BCUT2D eigenvalue weighted by atomic mass is 16.4. The zero-order valence-corrected chi connectivity index (χ0v) is 10.4. The van der Waals surface area contributed by atoms with Crippen molar-refractivity contribution in [3.8, 4) is 0 Å². The third-order valence-corrected chi connectivity index (χ3v) is 2.26. The molecule has 0 aromatic heterocycles. The van der Waals surface area contributed by atoms with E-state index in [-0.39, 0.29) is 5.92 Å². The van der Waals surface area contributed by atoms with Gasteiger partial charge in [-0.05, 0) is 19.8 Å². The fourth-order valence-corrected chi connectivity index (χ4v) is 1.04. The maximum absolute atomic E-state index is 11.5. The Labute approximate surface area is 99.7 Å². The van der Waals surface area contributed by atoms with Crippen molar-refractivity contribution in [1.29, 1.82) is 0 Å². The van der Waals surface area contributed by atoms with Crippen molar-refractivity contribution in [1.82, 2.24) is 10.6 Å². The number of nitrogens with two attached hydrogens (primary N) is 1. The quantitative estimate of drug-likeness (QED) is 0.529. The summed E-state index contributed by atoms with van der Waals surface area (Å²) in [6.07, 6.45) is 0. The largest absolute Gasteiger partial charge is 0.480 e. The first-order chi connectivity index (χ1) is 7.58. The van der Waals surface area contributed by atoms with Crippen molar-refractivity contribution in [2.24, 2.45) is 11.7 Å². The number of urea groups is 1. The lowest BCUT2D eigenvalue weighted by molar-refractivity contribution is -0.140. The number of carboxylic acids is 1. The molecule has 0 bridgehead atoms. The van der Waals surface area contributed by atoms with Crippen molar-refractivity contribution in [3.63, 3.8) is 0 Å². The molecule has 0 aliphatic heterocycles. The number of hydrogen-bond donors (Lipinski definition) is 4. The van der Waals surface area contributed by atoms with E-state index >= 15 is 0 Å². The third-order valence-electron chi connectivity index (χ3n) is 2.26. The normalized spacial score (nSPS) is 13.0. The van der Waals surface area contributed by atoms with E-state index in [4.69, 9.17) is 10.8 Å². The number of carbonyl (C=O) groups excluding carboxylic acids is 2. The third kappa shape index (κ3) is 4.71. The Bertz CT molecular complexity index is 326. The van der Waals surface area contributed by atoms with Crippen LogP contribution in [0.4, 0.5) is 4.79 Å². The van der Waals surface area contributed by atoms with Gasteiger partial charge in [-0.3, -0.25) is 4.79 Å². The second kappa shape index (κ2) is 5.51. The highest BCUT2D eigenvalue weighted by Gasteiger charge is 2.29. The Hall–Kier alpha value is -1.79. The molecule has 0 aliphatic carbocycles. The first-order valence-corrected chi connectivity index (χ1v) is 5.19. The van der Waals surface area contributed by atoms with Crippen molar-refractivity contribution in [2.45, 2.75) is 39.3 Å². The molecule has 0 heterocycles. The molecule has 5 N–H and O–H groups in total. The van der Waals surface area contributed by atoms with E-state index < -0.39 is 29.5 Å². The molecule has 0 spiro atoms. The summed E-state index contributed by atoms with van der Waals surface area (Å²) >= 11 is 0. The number of nitrogens with one attached hydrogen (secondary N) is 2. The maximum Gasteiger partial charge on any atom is 0.326 e. The summed E-state index contributed by atoms with van der Waals surface area (Å²) in [6, 6.07) is -1.76. The van der Waals surface area contributed by atoms with Crippen LogP contribution in [0.3, 0.4) is 0 Å². The molecule has 98 valence electrons. The lowest BCUT2D eigenvalue weighted by Crippen LogP contribution is -2.58. The second-order valence-electron chi connectivity index (χ2n) is 4.65. The molecule has 7 heteroatoms. The smallest absolute Gasteiger partial charge is 0.326 e. The average Bonchev–Trinajstić information content (AvgIpc) is 2.12. The minimum atomic E-state index is -1.23. The molecule has 0 radical (unpaired) electrons. The van der Waals surface area contributed by atoms with Crippen LogP contribution in [0.1, 0.15) is 27.7 Å². The van der Waals surface area contributed by atoms with Crippen LogP contribution in [0.15, 0.2) is 0 Å². The van der Waals surface area contributed by atoms with Gasteiger partial charge >= 0.3 is 12.0 Å². The van der Waals surface area contributed by atoms with Gasteiger partial charge in [0, 0.05) is 0 Å². The molecule has 3 amide bonds. The fraction of sp³-hybridized carbons (Fsp3) is 0.700. The van der Waals surface area contributed by atoms with Gasteiger partial charge in [-0.1, -0.05) is 13.8 Å². The summed E-state index contributed by atoms with van der Waals surface area (Å²) in [6.45, 7) is 6.19. The van der Waals surface area contributed by atoms with Gasteiger partial charge in [0.1, 0.15) is 11.6 Å². The van der Waals surface area contributed by atoms with Crippen molar-refractivity contribution < 1.29 is 19.5 Å². The lowest BCUT2D eigenvalue weighted by atomic mass is 10.0. The van der Waals surface area contributed by atoms with Gasteiger partial charge in [0.15, 0.2) is 0 Å². The predicted octanol–water partition coefficient (Wildman–Crippen LogP) is -0.341. The van der Waals surface area contributed by atoms with Crippen molar-refractivity contribution >= 4 is 17.9 Å². The Balaban J connectivity index is 4.55. The molecule has 0 aliphatic rings. The number of amides is 3. The van der Waals surface area contributed by atoms with E-state index in [2.05, 4.69) is 10.6 Å². The van der Waals surface area contributed by atoms with E-state index in [0.717, 1.165) is 0 Å². The molecule has 0 saturated heterocycles. The maximum atomic E-state index is 11.5. The van der Waals surface area contributed by atoms with Crippen LogP contribution in [0.25, 0.3) is 0 Å². The zero-order valence-electron chi connectivity index (χ0n) is 10.4. The number of hydrogen-bond acceptors (Lipinski definition) is 3. The fourth-order valence-electron chi connectivity index (χ4n) is 1.04. The van der Waals surface area contributed by atoms with E-state index in [1.807, 2.05) is 0 Å². The molecular weight excluding hydrogens is 226 g/mol. The number of carbonyl (C=O) groups is 3. The number of rotatable bonds is 5. The number of aliphatic carboxylic acids is 1. The van der Waals surface area contributed by atoms with E-state index in [1.165, 1.54) is 13.8 Å². The van der Waals surface area contributed by atoms with Gasteiger partial charge in [0.25, 0.3) is 0 Å². The SMILES string of the molecule is CC(C)[C@H](NC(=O)NC(C)(C)C(N)=O)C(=O)O. The van der Waals surface area contributed by atoms with Crippen LogP contribution in [0, 0.1) is 5.92 Å². The Morgan fingerprint density at radius 3 is 2.00 bits per heavy atom. The van der Waals surface area contributed by atoms with Crippen LogP contribution < -0.4 is 16.4 Å². The topological polar surface area (TPSA) is 122 Å². The number of primary amides is 1. The van der Waals surface area contributed by atoms with Gasteiger partial charge in [0.2, 0.25) is 5.91 Å². The Kier molecular flexibility index (Phi) is 4.93. The summed E-state index contributed by atoms with van der Waals surface area (Å²) < 4.78 is 0. The summed E-state index contributed by atoms with van der Waals surface area (Å²) in [5, 5.41) is 13.4. The van der Waals surface area contributed by atoms with Crippen LogP contribution >= 0.6 is 0 Å². The van der Waals surface area contributed by atoms with Crippen LogP contribution in [-0.2, 0) is 9.59 Å². The monoisotopic (exact) mass is 245 g/mol. The molecule has 0 aromatic carbocycles.